The number of allylic oxidation sites excluding steroid dienone is 3. The van der Waals surface area contributed by atoms with Gasteiger partial charge in [-0.05, 0) is 44.1 Å². The highest BCUT2D eigenvalue weighted by atomic mass is 16.1. The summed E-state index contributed by atoms with van der Waals surface area (Å²) in [5, 5.41) is 0. The molecule has 0 amide bonds. The summed E-state index contributed by atoms with van der Waals surface area (Å²) in [6, 6.07) is 0. The van der Waals surface area contributed by atoms with E-state index in [9.17, 15) is 9.59 Å². The van der Waals surface area contributed by atoms with Gasteiger partial charge in [0, 0.05) is 12.3 Å². The Morgan fingerprint density at radius 2 is 1.90 bits per heavy atom. The molecule has 0 aromatic heterocycles. The lowest BCUT2D eigenvalue weighted by molar-refractivity contribution is -0.127. The van der Waals surface area contributed by atoms with Crippen LogP contribution < -0.4 is 0 Å². The molecule has 0 saturated heterocycles. The maximum absolute atomic E-state index is 12.0. The van der Waals surface area contributed by atoms with Crippen molar-refractivity contribution in [3.63, 3.8) is 0 Å². The highest BCUT2D eigenvalue weighted by Gasteiger charge is 2.28. The van der Waals surface area contributed by atoms with Gasteiger partial charge in [-0.25, -0.2) is 0 Å². The van der Waals surface area contributed by atoms with Crippen LogP contribution in [0.4, 0.5) is 0 Å². The van der Waals surface area contributed by atoms with Gasteiger partial charge in [-0.1, -0.05) is 38.3 Å². The molecule has 0 heterocycles. The van der Waals surface area contributed by atoms with Gasteiger partial charge in [-0.2, -0.15) is 0 Å². The molecule has 0 aromatic rings. The lowest BCUT2D eigenvalue weighted by atomic mass is 9.76. The third kappa shape index (κ3) is 5.85. The van der Waals surface area contributed by atoms with Crippen LogP contribution in [0.1, 0.15) is 58.8 Å². The van der Waals surface area contributed by atoms with E-state index >= 15 is 0 Å². The Morgan fingerprint density at radius 3 is 2.45 bits per heavy atom. The van der Waals surface area contributed by atoms with Crippen molar-refractivity contribution < 1.29 is 9.59 Å². The van der Waals surface area contributed by atoms with Crippen molar-refractivity contribution >= 4 is 11.6 Å². The first-order valence-corrected chi connectivity index (χ1v) is 7.87. The van der Waals surface area contributed by atoms with Gasteiger partial charge in [0.25, 0.3) is 0 Å². The largest absolute Gasteiger partial charge is 0.300 e. The number of hydrogen-bond acceptors (Lipinski definition) is 2. The second-order valence-electron chi connectivity index (χ2n) is 6.14. The van der Waals surface area contributed by atoms with Crippen LogP contribution in [0.25, 0.3) is 0 Å². The van der Waals surface area contributed by atoms with E-state index in [0.717, 1.165) is 19.3 Å². The van der Waals surface area contributed by atoms with E-state index in [1.807, 2.05) is 12.2 Å². The summed E-state index contributed by atoms with van der Waals surface area (Å²) in [5.74, 6) is 1.01. The number of rotatable bonds is 8. The first kappa shape index (κ1) is 16.9. The number of hydrogen-bond donors (Lipinski definition) is 0. The second-order valence-corrected chi connectivity index (χ2v) is 6.14. The third-order valence-corrected chi connectivity index (χ3v) is 4.38. The minimum absolute atomic E-state index is 0.0655. The lowest BCUT2D eigenvalue weighted by Crippen LogP contribution is -2.26. The standard InChI is InChI=1S/C18H28O2/c1-4-14(2)9-8-12-17(20)13-18(15(3)19)16-10-6-5-7-11-16/h4,8,12,14,16,18H,1,5-7,9-11,13H2,2-3H3/b12-8-/t14?,18-/m1/s1. The van der Waals surface area contributed by atoms with Crippen LogP contribution in [0, 0.1) is 17.8 Å². The number of carbonyl (C=O) groups excluding carboxylic acids is 2. The van der Waals surface area contributed by atoms with Crippen LogP contribution >= 0.6 is 0 Å². The maximum Gasteiger partial charge on any atom is 0.156 e. The van der Waals surface area contributed by atoms with Crippen LogP contribution in [0.15, 0.2) is 24.8 Å². The number of carbonyl (C=O) groups is 2. The van der Waals surface area contributed by atoms with Gasteiger partial charge in [0.1, 0.15) is 5.78 Å². The molecule has 2 nitrogen and oxygen atoms in total. The maximum atomic E-state index is 12.0. The van der Waals surface area contributed by atoms with Gasteiger partial charge in [-0.15, -0.1) is 6.58 Å². The van der Waals surface area contributed by atoms with E-state index in [4.69, 9.17) is 0 Å². The Hall–Kier alpha value is -1.18. The Bertz CT molecular complexity index is 362. The molecular formula is C18H28O2. The van der Waals surface area contributed by atoms with Crippen molar-refractivity contribution in [2.45, 2.75) is 58.8 Å². The van der Waals surface area contributed by atoms with Crippen LogP contribution in [-0.4, -0.2) is 11.6 Å². The predicted octanol–water partition coefficient (Wildman–Crippen LogP) is 4.50. The van der Waals surface area contributed by atoms with Crippen LogP contribution in [-0.2, 0) is 9.59 Å². The average Bonchev–Trinajstić information content (AvgIpc) is 2.45. The topological polar surface area (TPSA) is 34.1 Å². The van der Waals surface area contributed by atoms with Gasteiger partial charge >= 0.3 is 0 Å². The van der Waals surface area contributed by atoms with Gasteiger partial charge in [0.05, 0.1) is 0 Å². The molecule has 1 unspecified atom stereocenters. The summed E-state index contributed by atoms with van der Waals surface area (Å²) >= 11 is 0. The van der Waals surface area contributed by atoms with Gasteiger partial charge in [0.15, 0.2) is 5.78 Å². The van der Waals surface area contributed by atoms with Crippen LogP contribution in [0.5, 0.6) is 0 Å². The molecule has 1 saturated carbocycles. The molecule has 0 aliphatic heterocycles. The summed E-state index contributed by atoms with van der Waals surface area (Å²) in [6.07, 6.45) is 12.6. The van der Waals surface area contributed by atoms with Crippen molar-refractivity contribution in [1.82, 2.24) is 0 Å². The van der Waals surface area contributed by atoms with E-state index in [2.05, 4.69) is 13.5 Å². The van der Waals surface area contributed by atoms with Crippen LogP contribution in [0.2, 0.25) is 0 Å². The van der Waals surface area contributed by atoms with Crippen molar-refractivity contribution in [2.24, 2.45) is 17.8 Å². The van der Waals surface area contributed by atoms with E-state index in [1.165, 1.54) is 19.3 Å². The van der Waals surface area contributed by atoms with Crippen LogP contribution in [0.3, 0.4) is 0 Å². The molecule has 112 valence electrons. The van der Waals surface area contributed by atoms with Gasteiger partial charge in [0.2, 0.25) is 0 Å². The fraction of sp³-hybridized carbons (Fsp3) is 0.667. The molecule has 2 atom stereocenters. The zero-order valence-corrected chi connectivity index (χ0v) is 12.9. The fourth-order valence-corrected chi connectivity index (χ4v) is 2.97. The highest BCUT2D eigenvalue weighted by molar-refractivity contribution is 5.93. The van der Waals surface area contributed by atoms with Gasteiger partial charge in [-0.3, -0.25) is 9.59 Å². The van der Waals surface area contributed by atoms with E-state index < -0.39 is 0 Å². The molecule has 1 aliphatic rings. The summed E-state index contributed by atoms with van der Waals surface area (Å²) in [7, 11) is 0. The van der Waals surface area contributed by atoms with Crippen molar-refractivity contribution in [2.75, 3.05) is 0 Å². The van der Waals surface area contributed by atoms with Crippen molar-refractivity contribution in [3.05, 3.63) is 24.8 Å². The number of ketones is 2. The smallest absolute Gasteiger partial charge is 0.156 e. The predicted molar refractivity (Wildman–Crippen MR) is 83.5 cm³/mol. The highest BCUT2D eigenvalue weighted by Crippen LogP contribution is 2.32. The summed E-state index contributed by atoms with van der Waals surface area (Å²) in [5.41, 5.74) is 0. The minimum Gasteiger partial charge on any atom is -0.300 e. The molecule has 1 fully saturated rings. The molecule has 0 radical (unpaired) electrons. The Labute approximate surface area is 123 Å². The average molecular weight is 276 g/mol. The lowest BCUT2D eigenvalue weighted by Gasteiger charge is -2.27. The first-order chi connectivity index (χ1) is 9.54. The second kappa shape index (κ2) is 8.89. The van der Waals surface area contributed by atoms with Crippen molar-refractivity contribution in [3.8, 4) is 0 Å². The summed E-state index contributed by atoms with van der Waals surface area (Å²) < 4.78 is 0. The molecule has 20 heavy (non-hydrogen) atoms. The summed E-state index contributed by atoms with van der Waals surface area (Å²) in [6.45, 7) is 7.43. The molecule has 0 N–H and O–H groups in total. The molecular weight excluding hydrogens is 248 g/mol. The third-order valence-electron chi connectivity index (χ3n) is 4.38. The molecule has 0 aromatic carbocycles. The quantitative estimate of drug-likeness (QED) is 0.483. The van der Waals surface area contributed by atoms with E-state index in [1.54, 1.807) is 13.0 Å². The zero-order chi connectivity index (χ0) is 15.0. The van der Waals surface area contributed by atoms with Gasteiger partial charge < -0.3 is 0 Å². The SMILES string of the molecule is C=CC(C)C/C=C\C(=O)C[C@H](C(C)=O)C1CCCCC1. The molecule has 0 bridgehead atoms. The van der Waals surface area contributed by atoms with Crippen molar-refractivity contribution in [1.29, 1.82) is 0 Å². The molecule has 1 rings (SSSR count). The molecule has 1 aliphatic carbocycles. The summed E-state index contributed by atoms with van der Waals surface area (Å²) in [4.78, 5) is 23.8. The monoisotopic (exact) mass is 276 g/mol. The first-order valence-electron chi connectivity index (χ1n) is 7.87. The number of Topliss-reactive ketones (excluding diaryl/α,β-unsaturated/α-hetero) is 1. The fourth-order valence-electron chi connectivity index (χ4n) is 2.97. The normalized spacial score (nSPS) is 19.7. The Kier molecular flexibility index (Phi) is 7.50. The van der Waals surface area contributed by atoms with E-state index in [0.29, 0.717) is 18.3 Å². The molecule has 0 spiro atoms. The Morgan fingerprint density at radius 1 is 1.25 bits per heavy atom. The van der Waals surface area contributed by atoms with E-state index in [-0.39, 0.29) is 17.5 Å². The zero-order valence-electron chi connectivity index (χ0n) is 12.9. The molecule has 2 heteroatoms. The Balaban J connectivity index is 2.50. The minimum atomic E-state index is -0.0655.